The molecule has 2 aliphatic heterocycles. The molecule has 30 heavy (non-hydrogen) atoms. The van der Waals surface area contributed by atoms with Gasteiger partial charge in [-0.25, -0.2) is 0 Å². The van der Waals surface area contributed by atoms with Crippen LogP contribution in [0.2, 0.25) is 0 Å². The molecule has 5 N–H and O–H groups in total. The first kappa shape index (κ1) is 21.0. The van der Waals surface area contributed by atoms with E-state index in [4.69, 9.17) is 16.2 Å². The standard InChI is InChI=1S/C21H25N5O4/c1-25-20(28)14-7-5-11-26(19(14)21(25)29)12-18(27)24-17(23)10-9-15(22)13-6-3-4-8-16(13)30-2/h3-4,6,8-10H,5,7,11-12,22-23H2,1-2H3,(H,24,27)/b15-9-,17-10+. The van der Waals surface area contributed by atoms with Gasteiger partial charge >= 0.3 is 0 Å². The number of ether oxygens (including phenoxy) is 1. The molecule has 2 aliphatic rings. The summed E-state index contributed by atoms with van der Waals surface area (Å²) < 4.78 is 5.27. The molecule has 1 aromatic carbocycles. The number of hydrogen-bond donors (Lipinski definition) is 3. The first-order valence-corrected chi connectivity index (χ1v) is 9.50. The van der Waals surface area contributed by atoms with Crippen LogP contribution in [0.15, 0.2) is 53.5 Å². The number of hydrogen-bond acceptors (Lipinski definition) is 7. The van der Waals surface area contributed by atoms with Crippen LogP contribution >= 0.6 is 0 Å². The van der Waals surface area contributed by atoms with E-state index in [9.17, 15) is 14.4 Å². The number of amides is 3. The van der Waals surface area contributed by atoms with Gasteiger partial charge in [-0.2, -0.15) is 0 Å². The third-order valence-electron chi connectivity index (χ3n) is 5.01. The number of rotatable bonds is 6. The lowest BCUT2D eigenvalue weighted by molar-refractivity contribution is -0.136. The Hall–Kier alpha value is -3.75. The van der Waals surface area contributed by atoms with E-state index in [2.05, 4.69) is 5.32 Å². The lowest BCUT2D eigenvalue weighted by Gasteiger charge is -2.28. The second kappa shape index (κ2) is 8.73. The molecule has 3 amide bonds. The average Bonchev–Trinajstić information content (AvgIpc) is 2.96. The van der Waals surface area contributed by atoms with Crippen molar-refractivity contribution < 1.29 is 19.1 Å². The molecule has 158 valence electrons. The molecule has 9 heteroatoms. The Morgan fingerprint density at radius 1 is 1.20 bits per heavy atom. The smallest absolute Gasteiger partial charge is 0.277 e. The van der Waals surface area contributed by atoms with Gasteiger partial charge in [-0.15, -0.1) is 0 Å². The molecule has 0 fully saturated rings. The molecular formula is C21H25N5O4. The summed E-state index contributed by atoms with van der Waals surface area (Å²) in [7, 11) is 3.00. The van der Waals surface area contributed by atoms with Gasteiger partial charge in [0.1, 0.15) is 17.3 Å². The quantitative estimate of drug-likeness (QED) is 0.452. The van der Waals surface area contributed by atoms with Crippen molar-refractivity contribution in [2.24, 2.45) is 11.5 Å². The summed E-state index contributed by atoms with van der Waals surface area (Å²) in [5.74, 6) is -0.334. The third kappa shape index (κ3) is 4.14. The third-order valence-corrected chi connectivity index (χ3v) is 5.01. The second-order valence-corrected chi connectivity index (χ2v) is 7.01. The zero-order valence-corrected chi connectivity index (χ0v) is 17.0. The zero-order chi connectivity index (χ0) is 21.8. The number of likely N-dealkylation sites (N-methyl/N-ethyl adjacent to an activating group) is 1. The van der Waals surface area contributed by atoms with E-state index in [0.29, 0.717) is 47.7 Å². The van der Waals surface area contributed by atoms with Gasteiger partial charge in [0.05, 0.1) is 13.7 Å². The summed E-state index contributed by atoms with van der Waals surface area (Å²) in [5, 5.41) is 2.57. The average molecular weight is 411 g/mol. The summed E-state index contributed by atoms with van der Waals surface area (Å²) in [4.78, 5) is 39.6. The van der Waals surface area contributed by atoms with E-state index in [0.717, 1.165) is 4.90 Å². The van der Waals surface area contributed by atoms with Crippen molar-refractivity contribution in [3.05, 3.63) is 59.1 Å². The van der Waals surface area contributed by atoms with Gasteiger partial charge in [-0.1, -0.05) is 12.1 Å². The lowest BCUT2D eigenvalue weighted by atomic mass is 10.0. The molecule has 0 unspecified atom stereocenters. The Balaban J connectivity index is 1.66. The van der Waals surface area contributed by atoms with E-state index < -0.39 is 5.91 Å². The first-order chi connectivity index (χ1) is 14.3. The second-order valence-electron chi connectivity index (χ2n) is 7.01. The molecule has 0 radical (unpaired) electrons. The molecule has 3 rings (SSSR count). The number of carbonyl (C=O) groups excluding carboxylic acids is 3. The predicted molar refractivity (Wildman–Crippen MR) is 111 cm³/mol. The van der Waals surface area contributed by atoms with Gasteiger partial charge < -0.3 is 26.4 Å². The van der Waals surface area contributed by atoms with E-state index in [1.54, 1.807) is 24.2 Å². The summed E-state index contributed by atoms with van der Waals surface area (Å²) in [6.07, 6.45) is 4.29. The fraction of sp³-hybridized carbons (Fsp3) is 0.286. The number of allylic oxidation sites excluding steroid dienone is 2. The van der Waals surface area contributed by atoms with Crippen molar-refractivity contribution in [1.82, 2.24) is 15.1 Å². The highest BCUT2D eigenvalue weighted by Gasteiger charge is 2.40. The van der Waals surface area contributed by atoms with Crippen LogP contribution in [0.4, 0.5) is 0 Å². The Bertz CT molecular complexity index is 979. The van der Waals surface area contributed by atoms with Crippen LogP contribution in [-0.4, -0.2) is 54.8 Å². The lowest BCUT2D eigenvalue weighted by Crippen LogP contribution is -2.41. The first-order valence-electron chi connectivity index (χ1n) is 9.50. The summed E-state index contributed by atoms with van der Waals surface area (Å²) in [6, 6.07) is 7.27. The van der Waals surface area contributed by atoms with Crippen molar-refractivity contribution in [3.63, 3.8) is 0 Å². The number of nitrogens with zero attached hydrogens (tertiary/aromatic N) is 2. The van der Waals surface area contributed by atoms with Gasteiger partial charge in [0, 0.05) is 30.4 Å². The summed E-state index contributed by atoms with van der Waals surface area (Å²) in [5.41, 5.74) is 13.9. The maximum atomic E-state index is 12.4. The Morgan fingerprint density at radius 2 is 1.93 bits per heavy atom. The SMILES string of the molecule is COc1ccccc1/C(N)=C/C=C(\N)NC(=O)CN1CCCC2=C1C(=O)N(C)C2=O. The number of nitrogens with two attached hydrogens (primary N) is 2. The Kier molecular flexibility index (Phi) is 6.10. The van der Waals surface area contributed by atoms with Gasteiger partial charge in [-0.05, 0) is 37.1 Å². The van der Waals surface area contributed by atoms with Crippen LogP contribution in [0, 0.1) is 0 Å². The Labute approximate surface area is 174 Å². The molecule has 9 nitrogen and oxygen atoms in total. The van der Waals surface area contributed by atoms with Crippen LogP contribution in [-0.2, 0) is 14.4 Å². The van der Waals surface area contributed by atoms with Gasteiger partial charge in [0.15, 0.2) is 0 Å². The fourth-order valence-corrected chi connectivity index (χ4v) is 3.52. The summed E-state index contributed by atoms with van der Waals surface area (Å²) >= 11 is 0. The van der Waals surface area contributed by atoms with Crippen molar-refractivity contribution in [3.8, 4) is 5.75 Å². The molecular weight excluding hydrogens is 386 g/mol. The molecule has 0 saturated heterocycles. The van der Waals surface area contributed by atoms with Crippen molar-refractivity contribution in [1.29, 1.82) is 0 Å². The van der Waals surface area contributed by atoms with Gasteiger partial charge in [0.25, 0.3) is 11.8 Å². The van der Waals surface area contributed by atoms with Crippen molar-refractivity contribution >= 4 is 23.4 Å². The van der Waals surface area contributed by atoms with Crippen LogP contribution < -0.4 is 21.5 Å². The number of para-hydroxylation sites is 1. The molecule has 2 heterocycles. The normalized spacial score (nSPS) is 17.4. The van der Waals surface area contributed by atoms with Crippen LogP contribution in [0.1, 0.15) is 18.4 Å². The van der Waals surface area contributed by atoms with Gasteiger partial charge in [-0.3, -0.25) is 19.3 Å². The monoisotopic (exact) mass is 411 g/mol. The van der Waals surface area contributed by atoms with E-state index in [1.807, 2.05) is 18.2 Å². The highest BCUT2D eigenvalue weighted by molar-refractivity contribution is 6.19. The number of nitrogens with one attached hydrogen (secondary N) is 1. The number of carbonyl (C=O) groups is 3. The highest BCUT2D eigenvalue weighted by atomic mass is 16.5. The molecule has 1 aromatic rings. The van der Waals surface area contributed by atoms with Crippen molar-refractivity contribution in [2.45, 2.75) is 12.8 Å². The molecule has 0 spiro atoms. The number of benzene rings is 1. The van der Waals surface area contributed by atoms with E-state index in [1.165, 1.54) is 13.1 Å². The Morgan fingerprint density at radius 3 is 2.67 bits per heavy atom. The highest BCUT2D eigenvalue weighted by Crippen LogP contribution is 2.30. The molecule has 0 aliphatic carbocycles. The minimum Gasteiger partial charge on any atom is -0.496 e. The summed E-state index contributed by atoms with van der Waals surface area (Å²) in [6.45, 7) is 0.440. The topological polar surface area (TPSA) is 131 Å². The van der Waals surface area contributed by atoms with Crippen LogP contribution in [0.5, 0.6) is 5.75 Å². The largest absolute Gasteiger partial charge is 0.496 e. The maximum absolute atomic E-state index is 12.4. The zero-order valence-electron chi connectivity index (χ0n) is 17.0. The van der Waals surface area contributed by atoms with Crippen molar-refractivity contribution in [2.75, 3.05) is 27.2 Å². The molecule has 0 atom stereocenters. The van der Waals surface area contributed by atoms with E-state index >= 15 is 0 Å². The molecule has 0 bridgehead atoms. The molecule has 0 saturated carbocycles. The molecule has 0 aromatic heterocycles. The number of imide groups is 1. The predicted octanol–water partition coefficient (Wildman–Crippen LogP) is 0.260. The fourth-order valence-electron chi connectivity index (χ4n) is 3.52. The maximum Gasteiger partial charge on any atom is 0.277 e. The van der Waals surface area contributed by atoms with Crippen LogP contribution in [0.25, 0.3) is 5.70 Å². The minimum absolute atomic E-state index is 0.0774. The minimum atomic E-state index is -0.392. The van der Waals surface area contributed by atoms with Crippen LogP contribution in [0.3, 0.4) is 0 Å². The number of methoxy groups -OCH3 is 1. The van der Waals surface area contributed by atoms with E-state index in [-0.39, 0.29) is 24.2 Å². The van der Waals surface area contributed by atoms with Gasteiger partial charge in [0.2, 0.25) is 5.91 Å².